The first-order chi connectivity index (χ1) is 4.86. The third-order valence-electron chi connectivity index (χ3n) is 2.88. The van der Waals surface area contributed by atoms with Gasteiger partial charge in [-0.15, -0.1) is 0 Å². The second-order valence-corrected chi connectivity index (χ2v) is 3.93. The van der Waals surface area contributed by atoms with Gasteiger partial charge < -0.3 is 4.90 Å². The molecule has 1 saturated carbocycles. The first-order valence-electron chi connectivity index (χ1n) is 4.60. The van der Waals surface area contributed by atoms with Crippen molar-refractivity contribution in [2.24, 2.45) is 5.92 Å². The Morgan fingerprint density at radius 2 is 2.10 bits per heavy atom. The predicted molar refractivity (Wildman–Crippen MR) is 43.0 cm³/mol. The van der Waals surface area contributed by atoms with Crippen LogP contribution < -0.4 is 0 Å². The van der Waals surface area contributed by atoms with Crippen molar-refractivity contribution >= 4 is 0 Å². The quantitative estimate of drug-likeness (QED) is 0.564. The third kappa shape index (κ3) is 1.34. The van der Waals surface area contributed by atoms with E-state index >= 15 is 0 Å². The number of rotatable bonds is 2. The minimum Gasteiger partial charge on any atom is -0.300 e. The maximum absolute atomic E-state index is 2.66. The van der Waals surface area contributed by atoms with Crippen LogP contribution >= 0.6 is 0 Å². The van der Waals surface area contributed by atoms with Gasteiger partial charge in [0.05, 0.1) is 0 Å². The van der Waals surface area contributed by atoms with Crippen LogP contribution in [0.4, 0.5) is 0 Å². The van der Waals surface area contributed by atoms with Crippen LogP contribution in [-0.2, 0) is 0 Å². The summed E-state index contributed by atoms with van der Waals surface area (Å²) in [5, 5.41) is 0. The van der Waals surface area contributed by atoms with Crippen LogP contribution in [0.15, 0.2) is 0 Å². The number of nitrogens with zero attached hydrogens (tertiary/aromatic N) is 1. The summed E-state index contributed by atoms with van der Waals surface area (Å²) in [5.41, 5.74) is 0. The van der Waals surface area contributed by atoms with Crippen molar-refractivity contribution in [3.8, 4) is 0 Å². The highest BCUT2D eigenvalue weighted by molar-refractivity contribution is 4.82. The topological polar surface area (TPSA) is 3.24 Å². The molecule has 0 aromatic carbocycles. The molecule has 0 radical (unpaired) electrons. The Morgan fingerprint density at radius 1 is 1.30 bits per heavy atom. The maximum atomic E-state index is 2.66. The Hall–Kier alpha value is -0.0400. The molecule has 0 aromatic rings. The lowest BCUT2D eigenvalue weighted by molar-refractivity contribution is 0.258. The molecule has 1 aliphatic carbocycles. The van der Waals surface area contributed by atoms with E-state index in [9.17, 15) is 0 Å². The van der Waals surface area contributed by atoms with E-state index in [1.54, 1.807) is 0 Å². The highest BCUT2D eigenvalue weighted by Gasteiger charge is 2.28. The molecule has 0 unspecified atom stereocenters. The molecule has 2 aliphatic rings. The molecule has 10 heavy (non-hydrogen) atoms. The number of likely N-dealkylation sites (tertiary alicyclic amines) is 1. The van der Waals surface area contributed by atoms with Crippen molar-refractivity contribution < 1.29 is 0 Å². The van der Waals surface area contributed by atoms with Gasteiger partial charge in [-0.2, -0.15) is 0 Å². The molecule has 1 atom stereocenters. The second-order valence-electron chi connectivity index (χ2n) is 3.93. The molecule has 0 amide bonds. The van der Waals surface area contributed by atoms with Gasteiger partial charge in [0.25, 0.3) is 0 Å². The van der Waals surface area contributed by atoms with Crippen LogP contribution in [0.3, 0.4) is 0 Å². The second kappa shape index (κ2) is 2.54. The predicted octanol–water partition coefficient (Wildman–Crippen LogP) is 1.88. The van der Waals surface area contributed by atoms with Crippen LogP contribution in [0.25, 0.3) is 0 Å². The Labute approximate surface area is 63.4 Å². The molecular formula is C9H17N. The van der Waals surface area contributed by atoms with E-state index in [0.29, 0.717) is 0 Å². The first-order valence-corrected chi connectivity index (χ1v) is 4.60. The summed E-state index contributed by atoms with van der Waals surface area (Å²) in [6.45, 7) is 5.15. The lowest BCUT2D eigenvalue weighted by Crippen LogP contribution is -2.28. The Bertz CT molecular complexity index is 118. The smallest absolute Gasteiger partial charge is 0.00675 e. The summed E-state index contributed by atoms with van der Waals surface area (Å²) in [7, 11) is 0. The van der Waals surface area contributed by atoms with E-state index in [0.717, 1.165) is 12.0 Å². The van der Waals surface area contributed by atoms with E-state index in [1.807, 2.05) is 0 Å². The van der Waals surface area contributed by atoms with Gasteiger partial charge in [0.2, 0.25) is 0 Å². The van der Waals surface area contributed by atoms with Crippen molar-refractivity contribution in [1.82, 2.24) is 4.90 Å². The fourth-order valence-electron chi connectivity index (χ4n) is 1.90. The fourth-order valence-corrected chi connectivity index (χ4v) is 1.90. The lowest BCUT2D eigenvalue weighted by atomic mass is 10.2. The summed E-state index contributed by atoms with van der Waals surface area (Å²) < 4.78 is 0. The monoisotopic (exact) mass is 139 g/mol. The molecule has 0 bridgehead atoms. The van der Waals surface area contributed by atoms with Crippen molar-refractivity contribution in [1.29, 1.82) is 0 Å². The van der Waals surface area contributed by atoms with E-state index in [4.69, 9.17) is 0 Å². The van der Waals surface area contributed by atoms with Crippen molar-refractivity contribution in [2.45, 2.75) is 38.6 Å². The molecular weight excluding hydrogens is 122 g/mol. The zero-order valence-corrected chi connectivity index (χ0v) is 6.84. The molecule has 1 aliphatic heterocycles. The van der Waals surface area contributed by atoms with Crippen LogP contribution in [0.2, 0.25) is 0 Å². The van der Waals surface area contributed by atoms with E-state index in [-0.39, 0.29) is 0 Å². The highest BCUT2D eigenvalue weighted by Crippen LogP contribution is 2.31. The highest BCUT2D eigenvalue weighted by atomic mass is 15.2. The molecule has 0 aromatic heterocycles. The molecule has 0 spiro atoms. The summed E-state index contributed by atoms with van der Waals surface area (Å²) in [5.74, 6) is 1.08. The van der Waals surface area contributed by atoms with Gasteiger partial charge in [-0.25, -0.2) is 0 Å². The zero-order chi connectivity index (χ0) is 6.97. The first kappa shape index (κ1) is 6.66. The van der Waals surface area contributed by atoms with Gasteiger partial charge in [0, 0.05) is 12.6 Å². The number of hydrogen-bond donors (Lipinski definition) is 0. The standard InChI is InChI=1S/C9H17N/c1-8-3-2-6-10(8)7-9-4-5-9/h8-9H,2-7H2,1H3/t8-/m1/s1. The van der Waals surface area contributed by atoms with Crippen LogP contribution in [-0.4, -0.2) is 24.0 Å². The van der Waals surface area contributed by atoms with Crippen LogP contribution in [0.1, 0.15) is 32.6 Å². The maximum Gasteiger partial charge on any atom is 0.00675 e. The Balaban J connectivity index is 1.79. The molecule has 1 heterocycles. The minimum atomic E-state index is 0.889. The average molecular weight is 139 g/mol. The summed E-state index contributed by atoms with van der Waals surface area (Å²) in [6.07, 6.45) is 5.88. The van der Waals surface area contributed by atoms with Gasteiger partial charge in [-0.1, -0.05) is 0 Å². The van der Waals surface area contributed by atoms with Gasteiger partial charge in [-0.05, 0) is 45.1 Å². The fraction of sp³-hybridized carbons (Fsp3) is 1.00. The van der Waals surface area contributed by atoms with Gasteiger partial charge in [0.15, 0.2) is 0 Å². The lowest BCUT2D eigenvalue weighted by Gasteiger charge is -2.20. The van der Waals surface area contributed by atoms with Gasteiger partial charge in [-0.3, -0.25) is 0 Å². The van der Waals surface area contributed by atoms with Gasteiger partial charge in [0.1, 0.15) is 0 Å². The summed E-state index contributed by atoms with van der Waals surface area (Å²) in [6, 6.07) is 0.889. The molecule has 0 N–H and O–H groups in total. The Morgan fingerprint density at radius 3 is 2.60 bits per heavy atom. The summed E-state index contributed by atoms with van der Waals surface area (Å²) in [4.78, 5) is 2.66. The molecule has 2 rings (SSSR count). The van der Waals surface area contributed by atoms with Crippen LogP contribution in [0, 0.1) is 5.92 Å². The largest absolute Gasteiger partial charge is 0.300 e. The van der Waals surface area contributed by atoms with E-state index in [1.165, 1.54) is 38.8 Å². The van der Waals surface area contributed by atoms with E-state index in [2.05, 4.69) is 11.8 Å². The Kier molecular flexibility index (Phi) is 1.69. The molecule has 1 heteroatoms. The zero-order valence-electron chi connectivity index (χ0n) is 6.84. The molecule has 58 valence electrons. The third-order valence-corrected chi connectivity index (χ3v) is 2.88. The normalized spacial score (nSPS) is 35.1. The van der Waals surface area contributed by atoms with E-state index < -0.39 is 0 Å². The number of hydrogen-bond acceptors (Lipinski definition) is 1. The van der Waals surface area contributed by atoms with Gasteiger partial charge >= 0.3 is 0 Å². The van der Waals surface area contributed by atoms with Crippen molar-refractivity contribution in [3.05, 3.63) is 0 Å². The minimum absolute atomic E-state index is 0.889. The average Bonchev–Trinajstić information content (AvgIpc) is 2.62. The molecule has 1 nitrogen and oxygen atoms in total. The van der Waals surface area contributed by atoms with Crippen molar-refractivity contribution in [3.63, 3.8) is 0 Å². The van der Waals surface area contributed by atoms with Crippen molar-refractivity contribution in [2.75, 3.05) is 13.1 Å². The molecule has 1 saturated heterocycles. The molecule has 2 fully saturated rings. The van der Waals surface area contributed by atoms with Crippen LogP contribution in [0.5, 0.6) is 0 Å². The summed E-state index contributed by atoms with van der Waals surface area (Å²) >= 11 is 0. The SMILES string of the molecule is C[C@@H]1CCCN1CC1CC1.